The molecule has 2 aromatic rings. The van der Waals surface area contributed by atoms with E-state index in [1.165, 1.54) is 11.4 Å². The number of anilines is 2. The summed E-state index contributed by atoms with van der Waals surface area (Å²) in [5.74, 6) is 1.25. The molecule has 0 N–H and O–H groups in total. The second kappa shape index (κ2) is 10.1. The Labute approximate surface area is 165 Å². The van der Waals surface area contributed by atoms with Gasteiger partial charge in [0.25, 0.3) is 0 Å². The normalized spacial score (nSPS) is 11.5. The van der Waals surface area contributed by atoms with E-state index in [4.69, 9.17) is 0 Å². The van der Waals surface area contributed by atoms with Crippen LogP contribution >= 0.6 is 0 Å². The molecule has 0 aliphatic carbocycles. The third-order valence-corrected chi connectivity index (χ3v) is 4.54. The third-order valence-electron chi connectivity index (χ3n) is 4.54. The van der Waals surface area contributed by atoms with Gasteiger partial charge in [-0.15, -0.1) is 0 Å². The topological polar surface area (TPSA) is 3.24 Å². The van der Waals surface area contributed by atoms with E-state index in [0.29, 0.717) is 11.8 Å². The second-order valence-electron chi connectivity index (χ2n) is 7.68. The van der Waals surface area contributed by atoms with Crippen LogP contribution in [0.4, 0.5) is 11.4 Å². The molecule has 0 atom stereocenters. The quantitative estimate of drug-likeness (QED) is 0.551. The Kier molecular flexibility index (Phi) is 8.77. The highest BCUT2D eigenvalue weighted by Gasteiger charge is 2.37. The van der Waals surface area contributed by atoms with Crippen molar-refractivity contribution in [3.05, 3.63) is 67.6 Å². The van der Waals surface area contributed by atoms with Crippen molar-refractivity contribution in [2.45, 2.75) is 52.5 Å². The second-order valence-corrected chi connectivity index (χ2v) is 7.68. The van der Waals surface area contributed by atoms with Crippen LogP contribution in [0.25, 0.3) is 0 Å². The Morgan fingerprint density at radius 3 is 1.40 bits per heavy atom. The molecule has 0 aromatic heterocycles. The van der Waals surface area contributed by atoms with Gasteiger partial charge < -0.3 is 4.90 Å². The predicted octanol–water partition coefficient (Wildman–Crippen LogP) is 5.70. The van der Waals surface area contributed by atoms with Crippen molar-refractivity contribution >= 4 is 28.7 Å². The monoisotopic (exact) mass is 352 g/mol. The predicted molar refractivity (Wildman–Crippen MR) is 117 cm³/mol. The zero-order valence-electron chi connectivity index (χ0n) is 15.7. The number of benzene rings is 2. The van der Waals surface area contributed by atoms with Gasteiger partial charge in [0, 0.05) is 16.9 Å². The summed E-state index contributed by atoms with van der Waals surface area (Å²) in [6.07, 6.45) is 3.17. The van der Waals surface area contributed by atoms with Crippen LogP contribution in [0.5, 0.6) is 0 Å². The number of nitrogens with zero attached hydrogens (tertiary/aromatic N) is 1. The average molecular weight is 353 g/mol. The highest BCUT2D eigenvalue weighted by Crippen LogP contribution is 2.42. The molecule has 2 heteroatoms. The van der Waals surface area contributed by atoms with Crippen molar-refractivity contribution in [1.29, 1.82) is 0 Å². The van der Waals surface area contributed by atoms with Crippen molar-refractivity contribution in [2.75, 3.05) is 4.90 Å². The first-order valence-electron chi connectivity index (χ1n) is 9.18. The van der Waals surface area contributed by atoms with Gasteiger partial charge in [-0.05, 0) is 55.4 Å². The molecule has 1 radical (unpaired) electrons. The van der Waals surface area contributed by atoms with Gasteiger partial charge in [-0.2, -0.15) is 0 Å². The minimum atomic E-state index is 0. The van der Waals surface area contributed by atoms with Crippen molar-refractivity contribution < 1.29 is 0 Å². The van der Waals surface area contributed by atoms with Crippen LogP contribution in [0.15, 0.2) is 60.7 Å². The lowest BCUT2D eigenvalue weighted by Crippen LogP contribution is -2.48. The van der Waals surface area contributed by atoms with Crippen molar-refractivity contribution in [3.8, 4) is 0 Å². The van der Waals surface area contributed by atoms with Crippen LogP contribution in [0.1, 0.15) is 47.0 Å². The van der Waals surface area contributed by atoms with E-state index in [9.17, 15) is 0 Å². The zero-order chi connectivity index (χ0) is 17.6. The first-order chi connectivity index (χ1) is 11.5. The van der Waals surface area contributed by atoms with Crippen LogP contribution in [0, 0.1) is 18.8 Å². The summed E-state index contributed by atoms with van der Waals surface area (Å²) in [4.78, 5) is 2.54. The number of hydrogen-bond acceptors (Lipinski definition) is 1. The molecule has 0 heterocycles. The van der Waals surface area contributed by atoms with Crippen LogP contribution in [-0.2, 0) is 0 Å². The summed E-state index contributed by atoms with van der Waals surface area (Å²) in [6.45, 7) is 13.7. The Bertz CT molecular complexity index is 543. The van der Waals surface area contributed by atoms with Gasteiger partial charge in [-0.3, -0.25) is 0 Å². The van der Waals surface area contributed by atoms with Gasteiger partial charge >= 0.3 is 0 Å². The fourth-order valence-electron chi connectivity index (χ4n) is 3.95. The highest BCUT2D eigenvalue weighted by atomic mass is 27.0. The summed E-state index contributed by atoms with van der Waals surface area (Å²) in [7, 11) is 0. The lowest BCUT2D eigenvalue weighted by Gasteiger charge is -2.47. The van der Waals surface area contributed by atoms with E-state index < -0.39 is 0 Å². The lowest BCUT2D eigenvalue weighted by atomic mass is 9.77. The molecule has 25 heavy (non-hydrogen) atoms. The van der Waals surface area contributed by atoms with Crippen molar-refractivity contribution in [3.63, 3.8) is 0 Å². The summed E-state index contributed by atoms with van der Waals surface area (Å²) in [5, 5.41) is 0. The number of rotatable bonds is 8. The highest BCUT2D eigenvalue weighted by molar-refractivity contribution is 5.75. The van der Waals surface area contributed by atoms with Crippen LogP contribution in [0.2, 0.25) is 0 Å². The fraction of sp³-hybridized carbons (Fsp3) is 0.435. The molecule has 0 aliphatic rings. The van der Waals surface area contributed by atoms with E-state index in [-0.39, 0.29) is 22.9 Å². The molecule has 0 saturated heterocycles. The fourth-order valence-corrected chi connectivity index (χ4v) is 3.95. The lowest BCUT2D eigenvalue weighted by molar-refractivity contribution is 0.282. The molecule has 0 saturated carbocycles. The van der Waals surface area contributed by atoms with Crippen molar-refractivity contribution in [1.82, 2.24) is 0 Å². The smallest absolute Gasteiger partial charge is 0.187 e. The van der Waals surface area contributed by atoms with Crippen LogP contribution in [0.3, 0.4) is 0 Å². The van der Waals surface area contributed by atoms with Crippen LogP contribution < -0.4 is 4.90 Å². The maximum Gasteiger partial charge on any atom is 0.187 e. The van der Waals surface area contributed by atoms with Crippen molar-refractivity contribution in [2.24, 2.45) is 11.8 Å². The molecule has 0 aliphatic heterocycles. The van der Waals surface area contributed by atoms with Gasteiger partial charge in [-0.25, -0.2) is 0 Å². The summed E-state index contributed by atoms with van der Waals surface area (Å²) >= 11 is 0. The third kappa shape index (κ3) is 5.63. The molecular formula is C23H35AlN. The Morgan fingerprint density at radius 2 is 1.12 bits per heavy atom. The Morgan fingerprint density at radius 1 is 0.760 bits per heavy atom. The van der Waals surface area contributed by atoms with Gasteiger partial charge in [-0.1, -0.05) is 71.0 Å². The molecule has 0 fully saturated rings. The molecule has 2 aromatic carbocycles. The molecule has 0 spiro atoms. The maximum absolute atomic E-state index is 4.39. The van der Waals surface area contributed by atoms with Gasteiger partial charge in [0.2, 0.25) is 0 Å². The molecule has 0 bridgehead atoms. The standard InChI is InChI=1S/C23H32N.Al.3H/c1-6-23(17-19(2)3,18-20(4)5)24(21-13-9-7-10-14-21)22-15-11-8-12-16-22;;;;/h7-16,19-20H,1,6,17-18H2,2-5H3;;;;. The van der Waals surface area contributed by atoms with E-state index in [1.807, 2.05) is 0 Å². The summed E-state index contributed by atoms with van der Waals surface area (Å²) in [5.41, 5.74) is 2.55. The Hall–Kier alpha value is -1.23. The minimum absolute atomic E-state index is 0. The van der Waals surface area contributed by atoms with Crippen LogP contribution in [-0.4, -0.2) is 22.9 Å². The summed E-state index contributed by atoms with van der Waals surface area (Å²) in [6, 6.07) is 21.6. The van der Waals surface area contributed by atoms with E-state index in [0.717, 1.165) is 19.3 Å². The Balaban J connectivity index is 0.00000312. The van der Waals surface area contributed by atoms with E-state index >= 15 is 0 Å². The zero-order valence-corrected chi connectivity index (χ0v) is 15.7. The molecule has 2 rings (SSSR count). The number of para-hydroxylation sites is 2. The van der Waals surface area contributed by atoms with E-state index in [2.05, 4.69) is 100 Å². The van der Waals surface area contributed by atoms with E-state index in [1.54, 1.807) is 0 Å². The van der Waals surface area contributed by atoms with Gasteiger partial charge in [0.1, 0.15) is 0 Å². The first kappa shape index (κ1) is 21.8. The minimum Gasteiger partial charge on any atom is -0.335 e. The SMILES string of the molecule is [AlH3].[CH2]CC(CC(C)C)(CC(C)C)N(c1ccccc1)c1ccccc1. The molecular weight excluding hydrogens is 317 g/mol. The average Bonchev–Trinajstić information content (AvgIpc) is 2.55. The summed E-state index contributed by atoms with van der Waals surface area (Å²) < 4.78 is 0. The molecule has 0 unspecified atom stereocenters. The number of hydrogen-bond donors (Lipinski definition) is 0. The van der Waals surface area contributed by atoms with Gasteiger partial charge in [0.05, 0.1) is 0 Å². The maximum atomic E-state index is 4.39. The largest absolute Gasteiger partial charge is 0.335 e. The molecule has 0 amide bonds. The van der Waals surface area contributed by atoms with Gasteiger partial charge in [0.15, 0.2) is 17.4 Å². The molecule has 135 valence electrons. The molecule has 1 nitrogen and oxygen atoms in total. The first-order valence-corrected chi connectivity index (χ1v) is 9.18.